The second-order valence-electron chi connectivity index (χ2n) is 5.24. The van der Waals surface area contributed by atoms with Gasteiger partial charge in [-0.15, -0.1) is 0 Å². The lowest BCUT2D eigenvalue weighted by Gasteiger charge is -2.18. The van der Waals surface area contributed by atoms with E-state index in [-0.39, 0.29) is 29.4 Å². The first-order valence-electron chi connectivity index (χ1n) is 6.40. The molecular formula is C15H15NO3. The SMILES string of the molecule is CC1=CC[C@H]2C(=O)N(c3cccc(O)c3)C(=O)[C@@H]2C1. The summed E-state index contributed by atoms with van der Waals surface area (Å²) in [7, 11) is 0. The number of nitrogens with zero attached hydrogens (tertiary/aromatic N) is 1. The van der Waals surface area contributed by atoms with E-state index in [4.69, 9.17) is 0 Å². The second kappa shape index (κ2) is 4.23. The Morgan fingerprint density at radius 3 is 2.68 bits per heavy atom. The molecule has 4 heteroatoms. The third-order valence-electron chi connectivity index (χ3n) is 3.91. The standard InChI is InChI=1S/C15H15NO3/c1-9-5-6-12-13(7-9)15(19)16(14(12)18)10-3-2-4-11(17)8-10/h2-5,8,12-13,17H,6-7H2,1H3/t12-,13-/m1/s1. The van der Waals surface area contributed by atoms with Crippen molar-refractivity contribution in [1.82, 2.24) is 0 Å². The highest BCUT2D eigenvalue weighted by Crippen LogP contribution is 2.40. The van der Waals surface area contributed by atoms with Crippen LogP contribution in [0.3, 0.4) is 0 Å². The van der Waals surface area contributed by atoms with Gasteiger partial charge in [-0.05, 0) is 31.9 Å². The number of imide groups is 1. The fraction of sp³-hybridized carbons (Fsp3) is 0.333. The second-order valence-corrected chi connectivity index (χ2v) is 5.24. The molecule has 3 rings (SSSR count). The Kier molecular flexibility index (Phi) is 2.66. The number of benzene rings is 1. The molecule has 1 aromatic rings. The monoisotopic (exact) mass is 257 g/mol. The molecule has 0 bridgehead atoms. The fourth-order valence-electron chi connectivity index (χ4n) is 2.92. The number of carbonyl (C=O) groups is 2. The molecule has 0 radical (unpaired) electrons. The van der Waals surface area contributed by atoms with Crippen LogP contribution in [-0.4, -0.2) is 16.9 Å². The zero-order chi connectivity index (χ0) is 13.6. The summed E-state index contributed by atoms with van der Waals surface area (Å²) >= 11 is 0. The number of hydrogen-bond acceptors (Lipinski definition) is 3. The van der Waals surface area contributed by atoms with Crippen molar-refractivity contribution in [1.29, 1.82) is 0 Å². The predicted octanol–water partition coefficient (Wildman–Crippen LogP) is 2.24. The maximum absolute atomic E-state index is 12.4. The van der Waals surface area contributed by atoms with Gasteiger partial charge in [-0.25, -0.2) is 4.90 Å². The number of phenols is 1. The lowest BCUT2D eigenvalue weighted by Crippen LogP contribution is -2.30. The smallest absolute Gasteiger partial charge is 0.238 e. The minimum atomic E-state index is -0.237. The van der Waals surface area contributed by atoms with Crippen LogP contribution >= 0.6 is 0 Å². The van der Waals surface area contributed by atoms with Crippen LogP contribution < -0.4 is 4.90 Å². The van der Waals surface area contributed by atoms with E-state index < -0.39 is 0 Å². The number of amides is 2. The van der Waals surface area contributed by atoms with Crippen LogP contribution in [0.4, 0.5) is 5.69 Å². The largest absolute Gasteiger partial charge is 0.508 e. The quantitative estimate of drug-likeness (QED) is 0.620. The molecule has 1 aliphatic heterocycles. The Bertz CT molecular complexity index is 591. The van der Waals surface area contributed by atoms with E-state index >= 15 is 0 Å². The van der Waals surface area contributed by atoms with Crippen molar-refractivity contribution < 1.29 is 14.7 Å². The van der Waals surface area contributed by atoms with E-state index in [1.165, 1.54) is 22.6 Å². The summed E-state index contributed by atoms with van der Waals surface area (Å²) in [6, 6.07) is 6.28. The van der Waals surface area contributed by atoms with Crippen LogP contribution in [0.15, 0.2) is 35.9 Å². The number of fused-ring (bicyclic) bond motifs is 1. The van der Waals surface area contributed by atoms with Gasteiger partial charge in [0.05, 0.1) is 17.5 Å². The highest BCUT2D eigenvalue weighted by atomic mass is 16.3. The number of aromatic hydroxyl groups is 1. The first kappa shape index (κ1) is 12.0. The minimum Gasteiger partial charge on any atom is -0.508 e. The molecule has 0 saturated carbocycles. The van der Waals surface area contributed by atoms with E-state index in [0.717, 1.165) is 0 Å². The van der Waals surface area contributed by atoms with Crippen LogP contribution in [0, 0.1) is 11.8 Å². The highest BCUT2D eigenvalue weighted by molar-refractivity contribution is 6.22. The van der Waals surface area contributed by atoms with Gasteiger partial charge in [0, 0.05) is 6.07 Å². The summed E-state index contributed by atoms with van der Waals surface area (Å²) < 4.78 is 0. The Hall–Kier alpha value is -2.10. The van der Waals surface area contributed by atoms with E-state index in [1.807, 2.05) is 13.0 Å². The van der Waals surface area contributed by atoms with Gasteiger partial charge in [0.15, 0.2) is 0 Å². The zero-order valence-corrected chi connectivity index (χ0v) is 10.7. The van der Waals surface area contributed by atoms with Crippen molar-refractivity contribution in [2.45, 2.75) is 19.8 Å². The maximum Gasteiger partial charge on any atom is 0.238 e. The van der Waals surface area contributed by atoms with Crippen molar-refractivity contribution in [2.24, 2.45) is 11.8 Å². The normalized spacial score (nSPS) is 26.4. The van der Waals surface area contributed by atoms with Gasteiger partial charge < -0.3 is 5.11 Å². The van der Waals surface area contributed by atoms with Crippen molar-refractivity contribution in [3.63, 3.8) is 0 Å². The summed E-state index contributed by atoms with van der Waals surface area (Å²) in [6.45, 7) is 1.99. The fourth-order valence-corrected chi connectivity index (χ4v) is 2.92. The van der Waals surface area contributed by atoms with E-state index in [0.29, 0.717) is 18.5 Å². The molecule has 1 saturated heterocycles. The minimum absolute atomic E-state index is 0.0577. The van der Waals surface area contributed by atoms with Gasteiger partial charge in [0.2, 0.25) is 11.8 Å². The van der Waals surface area contributed by atoms with Gasteiger partial charge >= 0.3 is 0 Å². The van der Waals surface area contributed by atoms with Crippen LogP contribution in [0.2, 0.25) is 0 Å². The first-order valence-corrected chi connectivity index (χ1v) is 6.40. The maximum atomic E-state index is 12.4. The molecule has 1 fully saturated rings. The molecule has 1 aromatic carbocycles. The summed E-state index contributed by atoms with van der Waals surface area (Å²) in [5.41, 5.74) is 1.63. The van der Waals surface area contributed by atoms with E-state index in [2.05, 4.69) is 0 Å². The van der Waals surface area contributed by atoms with Crippen molar-refractivity contribution >= 4 is 17.5 Å². The number of hydrogen-bond donors (Lipinski definition) is 1. The van der Waals surface area contributed by atoms with Gasteiger partial charge in [-0.2, -0.15) is 0 Å². The van der Waals surface area contributed by atoms with Crippen LogP contribution in [-0.2, 0) is 9.59 Å². The predicted molar refractivity (Wildman–Crippen MR) is 70.6 cm³/mol. The number of carbonyl (C=O) groups excluding carboxylic acids is 2. The van der Waals surface area contributed by atoms with Crippen molar-refractivity contribution in [3.05, 3.63) is 35.9 Å². The molecule has 0 unspecified atom stereocenters. The molecule has 4 nitrogen and oxygen atoms in total. The molecule has 2 aliphatic rings. The van der Waals surface area contributed by atoms with Crippen LogP contribution in [0.25, 0.3) is 0 Å². The summed E-state index contributed by atoms with van der Waals surface area (Å²) in [5, 5.41) is 9.49. The van der Waals surface area contributed by atoms with Crippen molar-refractivity contribution in [3.8, 4) is 5.75 Å². The molecule has 0 spiro atoms. The third-order valence-corrected chi connectivity index (χ3v) is 3.91. The molecule has 2 amide bonds. The Morgan fingerprint density at radius 1 is 1.21 bits per heavy atom. The number of rotatable bonds is 1. The van der Waals surface area contributed by atoms with Gasteiger partial charge in [-0.3, -0.25) is 9.59 Å². The molecule has 98 valence electrons. The summed E-state index contributed by atoms with van der Waals surface area (Å²) in [4.78, 5) is 26.0. The number of anilines is 1. The average molecular weight is 257 g/mol. The zero-order valence-electron chi connectivity index (χ0n) is 10.7. The summed E-state index contributed by atoms with van der Waals surface area (Å²) in [5.74, 6) is -0.710. The molecule has 19 heavy (non-hydrogen) atoms. The number of phenolic OH excluding ortho intramolecular Hbond substituents is 1. The molecule has 2 atom stereocenters. The molecule has 0 aromatic heterocycles. The molecule has 1 heterocycles. The lowest BCUT2D eigenvalue weighted by molar-refractivity contribution is -0.122. The topological polar surface area (TPSA) is 57.6 Å². The average Bonchev–Trinajstić information content (AvgIpc) is 2.61. The van der Waals surface area contributed by atoms with Gasteiger partial charge in [0.1, 0.15) is 5.75 Å². The van der Waals surface area contributed by atoms with Crippen LogP contribution in [0.1, 0.15) is 19.8 Å². The molecular weight excluding hydrogens is 242 g/mol. The van der Waals surface area contributed by atoms with Gasteiger partial charge in [-0.1, -0.05) is 17.7 Å². The van der Waals surface area contributed by atoms with Gasteiger partial charge in [0.25, 0.3) is 0 Å². The summed E-state index contributed by atoms with van der Waals surface area (Å²) in [6.07, 6.45) is 3.33. The van der Waals surface area contributed by atoms with Crippen LogP contribution in [0.5, 0.6) is 5.75 Å². The Balaban J connectivity index is 1.97. The van der Waals surface area contributed by atoms with E-state index in [1.54, 1.807) is 12.1 Å². The van der Waals surface area contributed by atoms with Crippen molar-refractivity contribution in [2.75, 3.05) is 4.90 Å². The Labute approximate surface area is 111 Å². The lowest BCUT2D eigenvalue weighted by atomic mass is 9.82. The molecule has 1 N–H and O–H groups in total. The van der Waals surface area contributed by atoms with E-state index in [9.17, 15) is 14.7 Å². The highest BCUT2D eigenvalue weighted by Gasteiger charge is 2.48. The first-order chi connectivity index (χ1) is 9.08. The Morgan fingerprint density at radius 2 is 1.95 bits per heavy atom. The number of allylic oxidation sites excluding steroid dienone is 2. The molecule has 1 aliphatic carbocycles. The third kappa shape index (κ3) is 1.84.